The second-order valence-corrected chi connectivity index (χ2v) is 5.65. The number of amides is 2. The SMILES string of the molecule is O=C(NCc1ccoc1)C1CC(=O)N(c2ccc(F)c([N+](=O)[O-])c2)C1. The third kappa shape index (κ3) is 3.49. The molecule has 0 saturated carbocycles. The van der Waals surface area contributed by atoms with Gasteiger partial charge in [-0.05, 0) is 18.2 Å². The molecule has 1 aliphatic heterocycles. The molecule has 1 aromatic heterocycles. The molecule has 1 aromatic carbocycles. The Morgan fingerprint density at radius 3 is 2.92 bits per heavy atom. The largest absolute Gasteiger partial charge is 0.472 e. The Labute approximate surface area is 141 Å². The lowest BCUT2D eigenvalue weighted by atomic mass is 10.1. The summed E-state index contributed by atoms with van der Waals surface area (Å²) < 4.78 is 18.3. The monoisotopic (exact) mass is 347 g/mol. The van der Waals surface area contributed by atoms with E-state index in [2.05, 4.69) is 5.32 Å². The van der Waals surface area contributed by atoms with Crippen molar-refractivity contribution in [3.05, 3.63) is 58.3 Å². The van der Waals surface area contributed by atoms with Gasteiger partial charge in [0.05, 0.1) is 29.1 Å². The molecule has 2 aromatic rings. The Morgan fingerprint density at radius 2 is 2.24 bits per heavy atom. The normalized spacial score (nSPS) is 16.9. The third-order valence-corrected chi connectivity index (χ3v) is 3.98. The molecule has 0 bridgehead atoms. The number of hydrogen-bond donors (Lipinski definition) is 1. The van der Waals surface area contributed by atoms with Gasteiger partial charge in [0.2, 0.25) is 17.6 Å². The summed E-state index contributed by atoms with van der Waals surface area (Å²) in [6, 6.07) is 4.93. The number of benzene rings is 1. The molecule has 0 spiro atoms. The van der Waals surface area contributed by atoms with Crippen LogP contribution in [0.3, 0.4) is 0 Å². The van der Waals surface area contributed by atoms with E-state index in [4.69, 9.17) is 4.42 Å². The maximum atomic E-state index is 13.4. The summed E-state index contributed by atoms with van der Waals surface area (Å²) in [5.41, 5.74) is 0.282. The molecule has 9 heteroatoms. The molecule has 3 rings (SSSR count). The quantitative estimate of drug-likeness (QED) is 0.658. The van der Waals surface area contributed by atoms with Crippen LogP contribution in [0.5, 0.6) is 0 Å². The van der Waals surface area contributed by atoms with E-state index < -0.39 is 22.3 Å². The molecule has 25 heavy (non-hydrogen) atoms. The van der Waals surface area contributed by atoms with Gasteiger partial charge in [-0.25, -0.2) is 0 Å². The van der Waals surface area contributed by atoms with Crippen molar-refractivity contribution in [3.63, 3.8) is 0 Å². The molecule has 0 radical (unpaired) electrons. The van der Waals surface area contributed by atoms with Crippen molar-refractivity contribution in [2.45, 2.75) is 13.0 Å². The maximum Gasteiger partial charge on any atom is 0.306 e. The van der Waals surface area contributed by atoms with Gasteiger partial charge in [0, 0.05) is 31.1 Å². The second kappa shape index (κ2) is 6.71. The van der Waals surface area contributed by atoms with Gasteiger partial charge >= 0.3 is 5.69 Å². The van der Waals surface area contributed by atoms with E-state index in [9.17, 15) is 24.1 Å². The number of carbonyl (C=O) groups is 2. The highest BCUT2D eigenvalue weighted by molar-refractivity contribution is 6.00. The van der Waals surface area contributed by atoms with Gasteiger partial charge in [-0.3, -0.25) is 19.7 Å². The van der Waals surface area contributed by atoms with Gasteiger partial charge in [-0.1, -0.05) is 0 Å². The van der Waals surface area contributed by atoms with Gasteiger partial charge in [0.15, 0.2) is 0 Å². The van der Waals surface area contributed by atoms with Crippen LogP contribution in [0.2, 0.25) is 0 Å². The summed E-state index contributed by atoms with van der Waals surface area (Å²) >= 11 is 0. The number of anilines is 1. The summed E-state index contributed by atoms with van der Waals surface area (Å²) in [4.78, 5) is 35.6. The Balaban J connectivity index is 1.69. The Morgan fingerprint density at radius 1 is 1.44 bits per heavy atom. The molecule has 1 atom stereocenters. The van der Waals surface area contributed by atoms with E-state index in [1.807, 2.05) is 0 Å². The zero-order chi connectivity index (χ0) is 18.0. The predicted molar refractivity (Wildman–Crippen MR) is 84.1 cm³/mol. The van der Waals surface area contributed by atoms with Crippen LogP contribution in [0.1, 0.15) is 12.0 Å². The maximum absolute atomic E-state index is 13.4. The molecular weight excluding hydrogens is 333 g/mol. The lowest BCUT2D eigenvalue weighted by Gasteiger charge is -2.16. The van der Waals surface area contributed by atoms with Crippen LogP contribution in [-0.2, 0) is 16.1 Å². The van der Waals surface area contributed by atoms with Crippen LogP contribution >= 0.6 is 0 Å². The molecule has 2 amide bonds. The van der Waals surface area contributed by atoms with E-state index in [0.29, 0.717) is 0 Å². The van der Waals surface area contributed by atoms with Crippen LogP contribution in [-0.4, -0.2) is 23.3 Å². The van der Waals surface area contributed by atoms with Crippen LogP contribution in [0.4, 0.5) is 15.8 Å². The molecular formula is C16H14FN3O5. The second-order valence-electron chi connectivity index (χ2n) is 5.65. The first-order chi connectivity index (χ1) is 12.0. The fourth-order valence-electron chi connectivity index (χ4n) is 2.67. The van der Waals surface area contributed by atoms with Crippen LogP contribution in [0.25, 0.3) is 0 Å². The Hall–Kier alpha value is -3.23. The number of nitrogens with zero attached hydrogens (tertiary/aromatic N) is 2. The Bertz CT molecular complexity index is 821. The molecule has 1 saturated heterocycles. The lowest BCUT2D eigenvalue weighted by Crippen LogP contribution is -2.32. The minimum absolute atomic E-state index is 0.0115. The van der Waals surface area contributed by atoms with Crippen molar-refractivity contribution in [3.8, 4) is 0 Å². The molecule has 0 aliphatic carbocycles. The number of nitro groups is 1. The van der Waals surface area contributed by atoms with Gasteiger partial charge in [-0.2, -0.15) is 4.39 Å². The number of carbonyl (C=O) groups excluding carboxylic acids is 2. The van der Waals surface area contributed by atoms with Gasteiger partial charge in [0.1, 0.15) is 0 Å². The van der Waals surface area contributed by atoms with Crippen molar-refractivity contribution >= 4 is 23.2 Å². The minimum Gasteiger partial charge on any atom is -0.472 e. The van der Waals surface area contributed by atoms with Crippen molar-refractivity contribution < 1.29 is 23.3 Å². The van der Waals surface area contributed by atoms with Gasteiger partial charge < -0.3 is 14.6 Å². The first-order valence-corrected chi connectivity index (χ1v) is 7.49. The number of rotatable bonds is 5. The standard InChI is InChI=1S/C16H14FN3O5/c17-13-2-1-12(6-14(13)20(23)24)19-8-11(5-15(19)21)16(22)18-7-10-3-4-25-9-10/h1-4,6,9,11H,5,7-8H2,(H,18,22). The highest BCUT2D eigenvalue weighted by atomic mass is 19.1. The van der Waals surface area contributed by atoms with E-state index in [1.165, 1.54) is 23.5 Å². The molecule has 130 valence electrons. The molecule has 1 aliphatic rings. The van der Waals surface area contributed by atoms with Gasteiger partial charge in [-0.15, -0.1) is 0 Å². The van der Waals surface area contributed by atoms with Crippen LogP contribution in [0, 0.1) is 21.8 Å². The predicted octanol–water partition coefficient (Wildman–Crippen LogP) is 2.00. The number of nitrogens with one attached hydrogen (secondary N) is 1. The summed E-state index contributed by atoms with van der Waals surface area (Å²) in [6.45, 7) is 0.362. The number of hydrogen-bond acceptors (Lipinski definition) is 5. The molecule has 1 N–H and O–H groups in total. The smallest absolute Gasteiger partial charge is 0.306 e. The number of furan rings is 1. The molecule has 8 nitrogen and oxygen atoms in total. The van der Waals surface area contributed by atoms with Crippen molar-refractivity contribution in [1.82, 2.24) is 5.32 Å². The van der Waals surface area contributed by atoms with Crippen LogP contribution in [0.15, 0.2) is 41.2 Å². The minimum atomic E-state index is -0.977. The van der Waals surface area contributed by atoms with E-state index in [0.717, 1.165) is 17.7 Å². The van der Waals surface area contributed by atoms with Crippen molar-refractivity contribution in [1.29, 1.82) is 0 Å². The molecule has 2 heterocycles. The van der Waals surface area contributed by atoms with E-state index in [-0.39, 0.29) is 37.0 Å². The highest BCUT2D eigenvalue weighted by Crippen LogP contribution is 2.29. The fourth-order valence-corrected chi connectivity index (χ4v) is 2.67. The fraction of sp³-hybridized carbons (Fsp3) is 0.250. The first-order valence-electron chi connectivity index (χ1n) is 7.49. The molecule has 1 unspecified atom stereocenters. The van der Waals surface area contributed by atoms with Crippen LogP contribution < -0.4 is 10.2 Å². The Kier molecular flexibility index (Phi) is 4.46. The summed E-state index contributed by atoms with van der Waals surface area (Å²) in [5, 5.41) is 13.5. The van der Waals surface area contributed by atoms with E-state index >= 15 is 0 Å². The van der Waals surface area contributed by atoms with Crippen molar-refractivity contribution in [2.24, 2.45) is 5.92 Å². The summed E-state index contributed by atoms with van der Waals surface area (Å²) in [5.74, 6) is -2.20. The highest BCUT2D eigenvalue weighted by Gasteiger charge is 2.35. The average molecular weight is 347 g/mol. The van der Waals surface area contributed by atoms with Crippen molar-refractivity contribution in [2.75, 3.05) is 11.4 Å². The lowest BCUT2D eigenvalue weighted by molar-refractivity contribution is -0.387. The first kappa shape index (κ1) is 16.6. The third-order valence-electron chi connectivity index (χ3n) is 3.98. The van der Waals surface area contributed by atoms with E-state index in [1.54, 1.807) is 6.07 Å². The number of nitro benzene ring substituents is 1. The topological polar surface area (TPSA) is 106 Å². The summed E-state index contributed by atoms with van der Waals surface area (Å²) in [7, 11) is 0. The average Bonchev–Trinajstić information content (AvgIpc) is 3.22. The zero-order valence-electron chi connectivity index (χ0n) is 13.0. The molecule has 1 fully saturated rings. The van der Waals surface area contributed by atoms with Gasteiger partial charge in [0.25, 0.3) is 0 Å². The summed E-state index contributed by atoms with van der Waals surface area (Å²) in [6.07, 6.45) is 2.98. The zero-order valence-corrected chi connectivity index (χ0v) is 13.0. The number of halogens is 1.